The fraction of sp³-hybridized carbons (Fsp3) is 0.348. The van der Waals surface area contributed by atoms with E-state index in [9.17, 15) is 9.90 Å². The molecule has 1 N–H and O–H groups in total. The minimum atomic E-state index is -0.570. The molecule has 2 aromatic carbocycles. The number of aromatic nitrogens is 2. The van der Waals surface area contributed by atoms with Gasteiger partial charge in [0, 0.05) is 60.3 Å². The number of β-amino-alcohol motifs (C(OH)–C–C–N with tert-alkyl or cyclic N) is 1. The van der Waals surface area contributed by atoms with E-state index in [1.807, 2.05) is 18.2 Å². The number of nitrogens with zero attached hydrogens (tertiary/aromatic N) is 5. The van der Waals surface area contributed by atoms with Crippen molar-refractivity contribution in [1.82, 2.24) is 19.8 Å². The molecule has 32 heavy (non-hydrogen) atoms. The minimum Gasteiger partial charge on any atom is -0.390 e. The van der Waals surface area contributed by atoms with Gasteiger partial charge in [0.15, 0.2) is 0 Å². The summed E-state index contributed by atoms with van der Waals surface area (Å²) >= 11 is 12.0. The fourth-order valence-electron chi connectivity index (χ4n) is 4.60. The molecule has 2 saturated heterocycles. The zero-order valence-electron chi connectivity index (χ0n) is 17.4. The van der Waals surface area contributed by atoms with Crippen molar-refractivity contribution in [2.75, 3.05) is 44.2 Å². The molecule has 1 amide bonds. The predicted molar refractivity (Wildman–Crippen MR) is 125 cm³/mol. The Balaban J connectivity index is 1.25. The van der Waals surface area contributed by atoms with Crippen molar-refractivity contribution in [2.24, 2.45) is 0 Å². The van der Waals surface area contributed by atoms with Crippen molar-refractivity contribution in [1.29, 1.82) is 0 Å². The minimum absolute atomic E-state index is 0.0747. The van der Waals surface area contributed by atoms with Crippen LogP contribution in [-0.2, 0) is 0 Å². The Hall–Kier alpha value is -2.45. The van der Waals surface area contributed by atoms with E-state index in [4.69, 9.17) is 23.2 Å². The second-order valence-corrected chi connectivity index (χ2v) is 9.11. The number of rotatable bonds is 3. The Bertz CT molecular complexity index is 1130. The highest BCUT2D eigenvalue weighted by Crippen LogP contribution is 2.27. The van der Waals surface area contributed by atoms with E-state index < -0.39 is 6.10 Å². The number of anilines is 1. The van der Waals surface area contributed by atoms with E-state index in [-0.39, 0.29) is 11.9 Å². The van der Waals surface area contributed by atoms with Gasteiger partial charge in [-0.3, -0.25) is 9.69 Å². The number of piperazine rings is 1. The maximum absolute atomic E-state index is 12.8. The summed E-state index contributed by atoms with van der Waals surface area (Å²) in [6.07, 6.45) is 1.00. The number of aliphatic hydroxyl groups excluding tert-OH is 1. The van der Waals surface area contributed by atoms with Crippen molar-refractivity contribution >= 4 is 45.8 Å². The zero-order valence-corrected chi connectivity index (χ0v) is 18.9. The molecule has 2 aliphatic heterocycles. The van der Waals surface area contributed by atoms with Crippen LogP contribution in [0.4, 0.5) is 5.82 Å². The highest BCUT2D eigenvalue weighted by atomic mass is 35.5. The molecule has 0 aliphatic carbocycles. The van der Waals surface area contributed by atoms with Crippen LogP contribution in [0.15, 0.2) is 48.8 Å². The molecule has 0 saturated carbocycles. The van der Waals surface area contributed by atoms with E-state index >= 15 is 0 Å². The third-order valence-electron chi connectivity index (χ3n) is 6.30. The second-order valence-electron chi connectivity index (χ2n) is 8.23. The van der Waals surface area contributed by atoms with Crippen LogP contribution in [0, 0.1) is 0 Å². The molecule has 0 spiro atoms. The smallest absolute Gasteiger partial charge is 0.253 e. The monoisotopic (exact) mass is 471 g/mol. The van der Waals surface area contributed by atoms with Crippen LogP contribution in [0.25, 0.3) is 10.9 Å². The largest absolute Gasteiger partial charge is 0.390 e. The molecule has 1 aromatic heterocycles. The maximum atomic E-state index is 12.8. The Labute approximate surface area is 196 Å². The SMILES string of the molecule is O=C(c1ccc(Cl)cc1)N1CC(O)C(N2CCN(c3ncnc4cc(Cl)ccc34)CC2)C1. The lowest BCUT2D eigenvalue weighted by atomic mass is 10.1. The summed E-state index contributed by atoms with van der Waals surface area (Å²) in [5, 5.41) is 12.9. The third-order valence-corrected chi connectivity index (χ3v) is 6.78. The third kappa shape index (κ3) is 4.13. The Morgan fingerprint density at radius 1 is 0.938 bits per heavy atom. The van der Waals surface area contributed by atoms with Gasteiger partial charge in [-0.05, 0) is 42.5 Å². The maximum Gasteiger partial charge on any atom is 0.253 e. The number of carbonyl (C=O) groups is 1. The van der Waals surface area contributed by atoms with E-state index in [1.165, 1.54) is 0 Å². The number of halogens is 2. The molecule has 3 aromatic rings. The summed E-state index contributed by atoms with van der Waals surface area (Å²) in [7, 11) is 0. The van der Waals surface area contributed by atoms with Gasteiger partial charge in [0.05, 0.1) is 17.7 Å². The standard InChI is InChI=1S/C23H23Cl2N5O2/c24-16-3-1-15(2-4-16)23(32)30-12-20(21(31)13-30)28-7-9-29(10-8-28)22-18-6-5-17(25)11-19(18)26-14-27-22/h1-6,11,14,20-21,31H,7-10,12-13H2. The van der Waals surface area contributed by atoms with Crippen LogP contribution in [0.1, 0.15) is 10.4 Å². The van der Waals surface area contributed by atoms with Gasteiger partial charge in [-0.25, -0.2) is 9.97 Å². The van der Waals surface area contributed by atoms with Crippen LogP contribution in [0.5, 0.6) is 0 Å². The first-order valence-electron chi connectivity index (χ1n) is 10.6. The highest BCUT2D eigenvalue weighted by molar-refractivity contribution is 6.31. The molecular formula is C23H23Cl2N5O2. The molecule has 9 heteroatoms. The Kier molecular flexibility index (Phi) is 5.90. The Morgan fingerprint density at radius 3 is 2.41 bits per heavy atom. The topological polar surface area (TPSA) is 72.8 Å². The number of aliphatic hydroxyl groups is 1. The van der Waals surface area contributed by atoms with E-state index in [0.29, 0.717) is 28.7 Å². The molecule has 2 unspecified atom stereocenters. The Morgan fingerprint density at radius 2 is 1.66 bits per heavy atom. The van der Waals surface area contributed by atoms with Gasteiger partial charge in [-0.2, -0.15) is 0 Å². The molecule has 166 valence electrons. The number of hydrogen-bond donors (Lipinski definition) is 1. The summed E-state index contributed by atoms with van der Waals surface area (Å²) in [6, 6.07) is 12.5. The van der Waals surface area contributed by atoms with Crippen LogP contribution < -0.4 is 4.90 Å². The van der Waals surface area contributed by atoms with Crippen molar-refractivity contribution in [2.45, 2.75) is 12.1 Å². The van der Waals surface area contributed by atoms with Crippen LogP contribution in [0.2, 0.25) is 10.0 Å². The normalized spacial score (nSPS) is 22.0. The quantitative estimate of drug-likeness (QED) is 0.632. The zero-order chi connectivity index (χ0) is 22.2. The van der Waals surface area contributed by atoms with E-state index in [1.54, 1.807) is 35.5 Å². The lowest BCUT2D eigenvalue weighted by Crippen LogP contribution is -2.54. The van der Waals surface area contributed by atoms with Gasteiger partial charge in [0.2, 0.25) is 0 Å². The van der Waals surface area contributed by atoms with Gasteiger partial charge >= 0.3 is 0 Å². The van der Waals surface area contributed by atoms with Crippen molar-refractivity contribution < 1.29 is 9.90 Å². The van der Waals surface area contributed by atoms with Crippen molar-refractivity contribution in [3.63, 3.8) is 0 Å². The lowest BCUT2D eigenvalue weighted by Gasteiger charge is -2.39. The summed E-state index contributed by atoms with van der Waals surface area (Å²) in [5.74, 6) is 0.825. The molecule has 2 fully saturated rings. The number of carbonyl (C=O) groups excluding carboxylic acids is 1. The highest BCUT2D eigenvalue weighted by Gasteiger charge is 2.39. The van der Waals surface area contributed by atoms with Crippen molar-refractivity contribution in [3.8, 4) is 0 Å². The average Bonchev–Trinajstić information content (AvgIpc) is 3.20. The van der Waals surface area contributed by atoms with Gasteiger partial charge in [-0.15, -0.1) is 0 Å². The number of benzene rings is 2. The lowest BCUT2D eigenvalue weighted by molar-refractivity contribution is 0.0754. The van der Waals surface area contributed by atoms with E-state index in [2.05, 4.69) is 19.8 Å². The molecule has 7 nitrogen and oxygen atoms in total. The second kappa shape index (κ2) is 8.83. The number of hydrogen-bond acceptors (Lipinski definition) is 6. The summed E-state index contributed by atoms with van der Waals surface area (Å²) in [4.78, 5) is 27.9. The van der Waals surface area contributed by atoms with Crippen LogP contribution in [-0.4, -0.2) is 82.2 Å². The summed E-state index contributed by atoms with van der Waals surface area (Å²) in [5.41, 5.74) is 1.41. The molecule has 3 heterocycles. The molecular weight excluding hydrogens is 449 g/mol. The first kappa shape index (κ1) is 21.4. The molecule has 0 bridgehead atoms. The molecule has 2 atom stereocenters. The van der Waals surface area contributed by atoms with Crippen LogP contribution in [0.3, 0.4) is 0 Å². The first-order valence-corrected chi connectivity index (χ1v) is 11.4. The average molecular weight is 472 g/mol. The predicted octanol–water partition coefficient (Wildman–Crippen LogP) is 2.94. The first-order chi connectivity index (χ1) is 15.5. The molecule has 2 aliphatic rings. The van der Waals surface area contributed by atoms with Gasteiger partial charge in [-0.1, -0.05) is 23.2 Å². The molecule has 0 radical (unpaired) electrons. The summed E-state index contributed by atoms with van der Waals surface area (Å²) < 4.78 is 0. The fourth-order valence-corrected chi connectivity index (χ4v) is 4.89. The number of fused-ring (bicyclic) bond motifs is 1. The van der Waals surface area contributed by atoms with Gasteiger partial charge in [0.25, 0.3) is 5.91 Å². The molecule has 5 rings (SSSR count). The van der Waals surface area contributed by atoms with Gasteiger partial charge < -0.3 is 14.9 Å². The summed E-state index contributed by atoms with van der Waals surface area (Å²) in [6.45, 7) is 3.97. The number of amides is 1. The van der Waals surface area contributed by atoms with Crippen LogP contribution >= 0.6 is 23.2 Å². The number of likely N-dealkylation sites (tertiary alicyclic amines) is 1. The van der Waals surface area contributed by atoms with Gasteiger partial charge in [0.1, 0.15) is 12.1 Å². The van der Waals surface area contributed by atoms with E-state index in [0.717, 1.165) is 42.9 Å². The van der Waals surface area contributed by atoms with Crippen molar-refractivity contribution in [3.05, 3.63) is 64.4 Å².